The molecule has 1 rings (SSSR count). The number of thioether (sulfide) groups is 1. The molecule has 19 heavy (non-hydrogen) atoms. The maximum atomic E-state index is 5.44. The van der Waals surface area contributed by atoms with Crippen molar-refractivity contribution in [3.8, 4) is 5.75 Å². The smallest absolute Gasteiger partial charge is 0.122 e. The summed E-state index contributed by atoms with van der Waals surface area (Å²) in [7, 11) is 3.75. The number of likely N-dealkylation sites (N-methyl/N-ethyl adjacent to an activating group) is 1. The quantitative estimate of drug-likeness (QED) is 0.837. The third kappa shape index (κ3) is 6.19. The third-order valence-corrected chi connectivity index (χ3v) is 4.76. The maximum Gasteiger partial charge on any atom is 0.122 e. The number of ether oxygens (including phenoxy) is 1. The highest BCUT2D eigenvalue weighted by Crippen LogP contribution is 2.27. The van der Waals surface area contributed by atoms with E-state index in [-0.39, 0.29) is 0 Å². The van der Waals surface area contributed by atoms with Gasteiger partial charge in [0, 0.05) is 21.0 Å². The standard InChI is InChI=1S/C15H24BrNOS/c1-15(2,3)19-10-13(17-4)9-11-8-12(16)6-7-14(11)18-5/h6-8,13,17H,9-10H2,1-5H3. The van der Waals surface area contributed by atoms with Crippen LogP contribution in [0.3, 0.4) is 0 Å². The van der Waals surface area contributed by atoms with Gasteiger partial charge in [0.2, 0.25) is 0 Å². The van der Waals surface area contributed by atoms with Gasteiger partial charge in [-0.2, -0.15) is 11.8 Å². The molecule has 0 spiro atoms. The normalized spacial score (nSPS) is 13.4. The van der Waals surface area contributed by atoms with Gasteiger partial charge >= 0.3 is 0 Å². The minimum Gasteiger partial charge on any atom is -0.496 e. The molecule has 4 heteroatoms. The first kappa shape index (κ1) is 16.9. The highest BCUT2D eigenvalue weighted by molar-refractivity contribution is 9.10. The van der Waals surface area contributed by atoms with Crippen molar-refractivity contribution in [2.75, 3.05) is 19.9 Å². The van der Waals surface area contributed by atoms with Crippen molar-refractivity contribution < 1.29 is 4.74 Å². The summed E-state index contributed by atoms with van der Waals surface area (Å²) in [6.07, 6.45) is 0.974. The molecule has 0 heterocycles. The molecule has 1 atom stereocenters. The Bertz CT molecular complexity index is 404. The van der Waals surface area contributed by atoms with Gasteiger partial charge in [-0.15, -0.1) is 0 Å². The summed E-state index contributed by atoms with van der Waals surface area (Å²) in [4.78, 5) is 0. The predicted molar refractivity (Wildman–Crippen MR) is 89.5 cm³/mol. The number of hydrogen-bond acceptors (Lipinski definition) is 3. The SMILES string of the molecule is CNC(CSC(C)(C)C)Cc1cc(Br)ccc1OC. The summed E-state index contributed by atoms with van der Waals surface area (Å²) in [6, 6.07) is 6.63. The van der Waals surface area contributed by atoms with Crippen molar-refractivity contribution in [2.24, 2.45) is 0 Å². The molecule has 1 aromatic rings. The van der Waals surface area contributed by atoms with E-state index in [2.05, 4.69) is 48.1 Å². The Kier molecular flexibility index (Phi) is 6.71. The minimum atomic E-state index is 0.302. The molecule has 1 unspecified atom stereocenters. The predicted octanol–water partition coefficient (Wildman–Crippen LogP) is 4.12. The van der Waals surface area contributed by atoms with Crippen molar-refractivity contribution in [3.05, 3.63) is 28.2 Å². The van der Waals surface area contributed by atoms with Gasteiger partial charge in [-0.1, -0.05) is 36.7 Å². The second kappa shape index (κ2) is 7.55. The Morgan fingerprint density at radius 3 is 2.58 bits per heavy atom. The van der Waals surface area contributed by atoms with E-state index in [4.69, 9.17) is 4.74 Å². The largest absolute Gasteiger partial charge is 0.496 e. The Hall–Kier alpha value is -0.190. The maximum absolute atomic E-state index is 5.44. The molecular formula is C15H24BrNOS. The number of hydrogen-bond donors (Lipinski definition) is 1. The zero-order chi connectivity index (χ0) is 14.5. The van der Waals surface area contributed by atoms with Crippen molar-refractivity contribution in [1.82, 2.24) is 5.32 Å². The summed E-state index contributed by atoms with van der Waals surface area (Å²) >= 11 is 5.52. The number of nitrogens with one attached hydrogen (secondary N) is 1. The van der Waals surface area contributed by atoms with E-state index in [1.54, 1.807) is 7.11 Å². The van der Waals surface area contributed by atoms with Gasteiger partial charge in [-0.3, -0.25) is 0 Å². The minimum absolute atomic E-state index is 0.302. The van der Waals surface area contributed by atoms with Crippen LogP contribution >= 0.6 is 27.7 Å². The first-order valence-corrected chi connectivity index (χ1v) is 8.27. The summed E-state index contributed by atoms with van der Waals surface area (Å²) in [6.45, 7) is 6.76. The lowest BCUT2D eigenvalue weighted by atomic mass is 10.1. The van der Waals surface area contributed by atoms with Crippen LogP contribution in [0.25, 0.3) is 0 Å². The monoisotopic (exact) mass is 345 g/mol. The van der Waals surface area contributed by atoms with Gasteiger partial charge in [0.15, 0.2) is 0 Å². The highest BCUT2D eigenvalue weighted by Gasteiger charge is 2.16. The number of rotatable bonds is 6. The summed E-state index contributed by atoms with van der Waals surface area (Å²) in [5.74, 6) is 2.06. The lowest BCUT2D eigenvalue weighted by Gasteiger charge is -2.23. The van der Waals surface area contributed by atoms with Crippen LogP contribution < -0.4 is 10.1 Å². The van der Waals surface area contributed by atoms with Crippen LogP contribution in [-0.2, 0) is 6.42 Å². The van der Waals surface area contributed by atoms with Crippen LogP contribution in [-0.4, -0.2) is 30.7 Å². The molecule has 2 nitrogen and oxygen atoms in total. The zero-order valence-corrected chi connectivity index (χ0v) is 14.8. The van der Waals surface area contributed by atoms with Crippen LogP contribution in [0, 0.1) is 0 Å². The Morgan fingerprint density at radius 2 is 2.05 bits per heavy atom. The lowest BCUT2D eigenvalue weighted by molar-refractivity contribution is 0.407. The summed E-state index contributed by atoms with van der Waals surface area (Å²) in [5.41, 5.74) is 1.24. The molecule has 108 valence electrons. The van der Waals surface area contributed by atoms with Gasteiger partial charge < -0.3 is 10.1 Å². The molecule has 0 aliphatic rings. The fraction of sp³-hybridized carbons (Fsp3) is 0.600. The van der Waals surface area contributed by atoms with Crippen LogP contribution in [0.2, 0.25) is 0 Å². The topological polar surface area (TPSA) is 21.3 Å². The van der Waals surface area contributed by atoms with Crippen molar-refractivity contribution >= 4 is 27.7 Å². The van der Waals surface area contributed by atoms with E-state index < -0.39 is 0 Å². The second-order valence-corrected chi connectivity index (χ2v) is 8.33. The van der Waals surface area contributed by atoms with Crippen molar-refractivity contribution in [1.29, 1.82) is 0 Å². The third-order valence-electron chi connectivity index (χ3n) is 2.83. The van der Waals surface area contributed by atoms with E-state index in [0.29, 0.717) is 10.8 Å². The molecule has 1 N–H and O–H groups in total. The number of methoxy groups -OCH3 is 1. The zero-order valence-electron chi connectivity index (χ0n) is 12.4. The molecule has 0 bridgehead atoms. The number of halogens is 1. The first-order valence-electron chi connectivity index (χ1n) is 6.49. The average Bonchev–Trinajstić information content (AvgIpc) is 2.33. The van der Waals surface area contributed by atoms with Gasteiger partial charge in [0.05, 0.1) is 7.11 Å². The molecule has 0 saturated carbocycles. The first-order chi connectivity index (χ1) is 8.85. The van der Waals surface area contributed by atoms with Crippen LogP contribution in [0.4, 0.5) is 0 Å². The molecule has 0 aliphatic carbocycles. The second-order valence-electron chi connectivity index (χ2n) is 5.57. The molecule has 0 amide bonds. The van der Waals surface area contributed by atoms with Crippen LogP contribution in [0.5, 0.6) is 5.75 Å². The fourth-order valence-electron chi connectivity index (χ4n) is 1.77. The molecular weight excluding hydrogens is 322 g/mol. The van der Waals surface area contributed by atoms with Crippen molar-refractivity contribution in [2.45, 2.75) is 38.0 Å². The Balaban J connectivity index is 2.72. The highest BCUT2D eigenvalue weighted by atomic mass is 79.9. The van der Waals surface area contributed by atoms with E-state index in [1.807, 2.05) is 30.9 Å². The molecule has 0 aliphatic heterocycles. The molecule has 0 fully saturated rings. The van der Waals surface area contributed by atoms with Gasteiger partial charge in [-0.25, -0.2) is 0 Å². The fourth-order valence-corrected chi connectivity index (χ4v) is 3.16. The lowest BCUT2D eigenvalue weighted by Crippen LogP contribution is -2.31. The van der Waals surface area contributed by atoms with Crippen LogP contribution in [0.1, 0.15) is 26.3 Å². The molecule has 0 aromatic heterocycles. The Labute approximate surface area is 129 Å². The molecule has 1 aromatic carbocycles. The molecule has 0 radical (unpaired) electrons. The van der Waals surface area contributed by atoms with Gasteiger partial charge in [-0.05, 0) is 37.2 Å². The van der Waals surface area contributed by atoms with Gasteiger partial charge in [0.25, 0.3) is 0 Å². The summed E-state index contributed by atoms with van der Waals surface area (Å²) < 4.78 is 6.84. The number of benzene rings is 1. The van der Waals surface area contributed by atoms with E-state index in [9.17, 15) is 0 Å². The average molecular weight is 346 g/mol. The van der Waals surface area contributed by atoms with E-state index in [0.717, 1.165) is 22.4 Å². The van der Waals surface area contributed by atoms with Crippen LogP contribution in [0.15, 0.2) is 22.7 Å². The van der Waals surface area contributed by atoms with E-state index in [1.165, 1.54) is 5.56 Å². The Morgan fingerprint density at radius 1 is 1.37 bits per heavy atom. The van der Waals surface area contributed by atoms with Crippen molar-refractivity contribution in [3.63, 3.8) is 0 Å². The van der Waals surface area contributed by atoms with Gasteiger partial charge in [0.1, 0.15) is 5.75 Å². The molecule has 0 saturated heterocycles. The summed E-state index contributed by atoms with van der Waals surface area (Å²) in [5, 5.41) is 3.40. The van der Waals surface area contributed by atoms with E-state index >= 15 is 0 Å².